The van der Waals surface area contributed by atoms with E-state index in [1.165, 1.54) is 4.90 Å². The second kappa shape index (κ2) is 9.28. The Morgan fingerprint density at radius 2 is 1.79 bits per heavy atom. The van der Waals surface area contributed by atoms with Gasteiger partial charge in [0.25, 0.3) is 5.91 Å². The van der Waals surface area contributed by atoms with Gasteiger partial charge < -0.3 is 20.3 Å². The molecule has 0 aliphatic carbocycles. The molecular weight excluding hydrogens is 401 g/mol. The van der Waals surface area contributed by atoms with Gasteiger partial charge in [0, 0.05) is 31.6 Å². The number of nitrogens with one attached hydrogen (secondary N) is 2. The summed E-state index contributed by atoms with van der Waals surface area (Å²) in [6, 6.07) is 11.9. The van der Waals surface area contributed by atoms with Crippen LogP contribution in [0.25, 0.3) is 0 Å². The topological polar surface area (TPSA) is 70.7 Å². The van der Waals surface area contributed by atoms with E-state index in [4.69, 9.17) is 27.9 Å². The summed E-state index contributed by atoms with van der Waals surface area (Å²) in [4.78, 5) is 26.0. The van der Waals surface area contributed by atoms with Gasteiger partial charge in [-0.25, -0.2) is 4.79 Å². The van der Waals surface area contributed by atoms with E-state index < -0.39 is 0 Å². The first kappa shape index (κ1) is 20.5. The van der Waals surface area contributed by atoms with E-state index in [1.54, 1.807) is 43.4 Å². The van der Waals surface area contributed by atoms with Crippen molar-refractivity contribution in [2.45, 2.75) is 25.5 Å². The van der Waals surface area contributed by atoms with E-state index >= 15 is 0 Å². The highest BCUT2D eigenvalue weighted by molar-refractivity contribution is 6.42. The Morgan fingerprint density at radius 3 is 2.43 bits per heavy atom. The molecule has 2 aromatic carbocycles. The van der Waals surface area contributed by atoms with Crippen LogP contribution in [0, 0.1) is 0 Å². The third-order valence-corrected chi connectivity index (χ3v) is 5.27. The van der Waals surface area contributed by atoms with Crippen molar-refractivity contribution in [3.63, 3.8) is 0 Å². The van der Waals surface area contributed by atoms with Gasteiger partial charge in [0.2, 0.25) is 0 Å². The molecule has 6 nitrogen and oxygen atoms in total. The average Bonchev–Trinajstić information content (AvgIpc) is 3.22. The van der Waals surface area contributed by atoms with Crippen LogP contribution in [0.2, 0.25) is 10.0 Å². The van der Waals surface area contributed by atoms with Crippen molar-refractivity contribution >= 4 is 46.5 Å². The first-order chi connectivity index (χ1) is 13.4. The van der Waals surface area contributed by atoms with Crippen LogP contribution in [0.3, 0.4) is 0 Å². The molecule has 1 atom stereocenters. The van der Waals surface area contributed by atoms with Crippen molar-refractivity contribution in [3.8, 4) is 0 Å². The number of hydrogen-bond acceptors (Lipinski definition) is 3. The molecule has 0 bridgehead atoms. The smallest absolute Gasteiger partial charge is 0.321 e. The van der Waals surface area contributed by atoms with Gasteiger partial charge in [0.15, 0.2) is 0 Å². The van der Waals surface area contributed by atoms with Crippen molar-refractivity contribution in [1.82, 2.24) is 4.90 Å². The van der Waals surface area contributed by atoms with Gasteiger partial charge in [-0.05, 0) is 48.7 Å². The molecule has 28 heavy (non-hydrogen) atoms. The fraction of sp³-hybridized carbons (Fsp3) is 0.300. The third kappa shape index (κ3) is 5.16. The molecule has 1 fully saturated rings. The molecule has 8 heteroatoms. The largest absolute Gasteiger partial charge is 0.368 e. The third-order valence-electron chi connectivity index (χ3n) is 4.41. The summed E-state index contributed by atoms with van der Waals surface area (Å²) in [6.45, 7) is 0.942. The molecule has 1 saturated heterocycles. The molecule has 2 N–H and O–H groups in total. The number of rotatable bonds is 5. The zero-order chi connectivity index (χ0) is 20.1. The van der Waals surface area contributed by atoms with Crippen LogP contribution in [0.15, 0.2) is 42.5 Å². The predicted octanol–water partition coefficient (Wildman–Crippen LogP) is 4.77. The van der Waals surface area contributed by atoms with Gasteiger partial charge >= 0.3 is 6.03 Å². The van der Waals surface area contributed by atoms with Gasteiger partial charge in [-0.15, -0.1) is 0 Å². The minimum Gasteiger partial charge on any atom is -0.368 e. The summed E-state index contributed by atoms with van der Waals surface area (Å²) >= 11 is 12.2. The fourth-order valence-corrected chi connectivity index (χ4v) is 3.24. The van der Waals surface area contributed by atoms with Crippen molar-refractivity contribution in [1.29, 1.82) is 0 Å². The average molecular weight is 422 g/mol. The molecule has 0 unspecified atom stereocenters. The fourth-order valence-electron chi connectivity index (χ4n) is 2.86. The zero-order valence-electron chi connectivity index (χ0n) is 15.4. The van der Waals surface area contributed by atoms with E-state index in [0.29, 0.717) is 34.6 Å². The Hall–Kier alpha value is -2.28. The molecule has 1 aliphatic heterocycles. The van der Waals surface area contributed by atoms with Gasteiger partial charge in [-0.1, -0.05) is 35.3 Å². The summed E-state index contributed by atoms with van der Waals surface area (Å²) in [6.07, 6.45) is 1.26. The maximum atomic E-state index is 12.4. The molecule has 3 rings (SSSR count). The first-order valence-electron chi connectivity index (χ1n) is 8.91. The molecule has 0 aromatic heterocycles. The van der Waals surface area contributed by atoms with Crippen LogP contribution < -0.4 is 10.6 Å². The zero-order valence-corrected chi connectivity index (χ0v) is 16.9. The second-order valence-corrected chi connectivity index (χ2v) is 7.35. The number of amides is 3. The molecule has 148 valence electrons. The lowest BCUT2D eigenvalue weighted by Crippen LogP contribution is -2.31. The Labute approximate surface area is 173 Å². The van der Waals surface area contributed by atoms with Crippen LogP contribution in [-0.2, 0) is 16.1 Å². The van der Waals surface area contributed by atoms with E-state index in [0.717, 1.165) is 18.4 Å². The molecule has 1 heterocycles. The maximum Gasteiger partial charge on any atom is 0.321 e. The minimum absolute atomic E-state index is 0.146. The van der Waals surface area contributed by atoms with Crippen molar-refractivity contribution in [3.05, 3.63) is 58.1 Å². The highest BCUT2D eigenvalue weighted by atomic mass is 35.5. The van der Waals surface area contributed by atoms with Crippen molar-refractivity contribution in [2.75, 3.05) is 24.3 Å². The molecule has 0 spiro atoms. The number of urea groups is 1. The van der Waals surface area contributed by atoms with E-state index in [2.05, 4.69) is 10.6 Å². The Balaban J connectivity index is 1.54. The SMILES string of the molecule is CN(Cc1cccc(Cl)c1Cl)C(=O)Nc1ccc(NC(=O)[C@H]2CCCO2)cc1. The summed E-state index contributed by atoms with van der Waals surface area (Å²) in [5, 5.41) is 6.51. The van der Waals surface area contributed by atoms with E-state index in [-0.39, 0.29) is 18.0 Å². The maximum absolute atomic E-state index is 12.4. The van der Waals surface area contributed by atoms with Crippen LogP contribution in [0.1, 0.15) is 18.4 Å². The number of ether oxygens (including phenoxy) is 1. The quantitative estimate of drug-likeness (QED) is 0.729. The van der Waals surface area contributed by atoms with Crippen LogP contribution in [0.4, 0.5) is 16.2 Å². The molecule has 0 radical (unpaired) electrons. The molecular formula is C20H21Cl2N3O3. The van der Waals surface area contributed by atoms with Crippen LogP contribution in [-0.4, -0.2) is 36.6 Å². The summed E-state index contributed by atoms with van der Waals surface area (Å²) < 4.78 is 5.36. The number of carbonyl (C=O) groups is 2. The summed E-state index contributed by atoms with van der Waals surface area (Å²) in [7, 11) is 1.67. The van der Waals surface area contributed by atoms with E-state index in [1.807, 2.05) is 6.07 Å². The number of nitrogens with zero attached hydrogens (tertiary/aromatic N) is 1. The van der Waals surface area contributed by atoms with Gasteiger partial charge in [0.05, 0.1) is 10.0 Å². The number of anilines is 2. The lowest BCUT2D eigenvalue weighted by atomic mass is 10.2. The minimum atomic E-state index is -0.383. The van der Waals surface area contributed by atoms with Gasteiger partial charge in [-0.3, -0.25) is 4.79 Å². The predicted molar refractivity (Wildman–Crippen MR) is 111 cm³/mol. The standard InChI is InChI=1S/C20H21Cl2N3O3/c1-25(12-13-4-2-5-16(21)18(13)22)20(27)24-15-9-7-14(8-10-15)23-19(26)17-6-3-11-28-17/h2,4-5,7-10,17H,3,6,11-12H2,1H3,(H,23,26)(H,24,27)/t17-/m1/s1. The summed E-state index contributed by atoms with van der Waals surface area (Å²) in [5.74, 6) is -0.146. The van der Waals surface area contributed by atoms with Crippen LogP contribution >= 0.6 is 23.2 Å². The van der Waals surface area contributed by atoms with E-state index in [9.17, 15) is 9.59 Å². The highest BCUT2D eigenvalue weighted by Crippen LogP contribution is 2.26. The number of carbonyl (C=O) groups excluding carboxylic acids is 2. The lowest BCUT2D eigenvalue weighted by molar-refractivity contribution is -0.124. The normalized spacial score (nSPS) is 15.9. The van der Waals surface area contributed by atoms with Crippen LogP contribution in [0.5, 0.6) is 0 Å². The molecule has 2 aromatic rings. The number of benzene rings is 2. The Morgan fingerprint density at radius 1 is 1.11 bits per heavy atom. The Bertz CT molecular complexity index is 852. The first-order valence-corrected chi connectivity index (χ1v) is 9.67. The molecule has 3 amide bonds. The number of halogens is 2. The van der Waals surface area contributed by atoms with Crippen molar-refractivity contribution in [2.24, 2.45) is 0 Å². The molecule has 0 saturated carbocycles. The summed E-state index contributed by atoms with van der Waals surface area (Å²) in [5.41, 5.74) is 2.03. The molecule has 1 aliphatic rings. The van der Waals surface area contributed by atoms with Crippen molar-refractivity contribution < 1.29 is 14.3 Å². The highest BCUT2D eigenvalue weighted by Gasteiger charge is 2.23. The Kier molecular flexibility index (Phi) is 6.78. The van der Waals surface area contributed by atoms with Gasteiger partial charge in [0.1, 0.15) is 6.10 Å². The monoisotopic (exact) mass is 421 g/mol. The van der Waals surface area contributed by atoms with Gasteiger partial charge in [-0.2, -0.15) is 0 Å². The lowest BCUT2D eigenvalue weighted by Gasteiger charge is -2.19. The number of hydrogen-bond donors (Lipinski definition) is 2. The second-order valence-electron chi connectivity index (χ2n) is 6.57.